The van der Waals surface area contributed by atoms with Crippen LogP contribution < -0.4 is 0 Å². The van der Waals surface area contributed by atoms with Crippen LogP contribution in [0.5, 0.6) is 5.75 Å². The minimum Gasteiger partial charge on any atom is -0.508 e. The van der Waals surface area contributed by atoms with E-state index >= 15 is 0 Å². The van der Waals surface area contributed by atoms with Gasteiger partial charge in [-0.05, 0) is 85.3 Å². The van der Waals surface area contributed by atoms with Crippen LogP contribution in [-0.4, -0.2) is 43.4 Å². The molecule has 5 rings (SSSR count). The number of aliphatic hydroxyl groups is 3. The first-order chi connectivity index (χ1) is 21.6. The maximum atomic E-state index is 14.6. The molecule has 0 spiro atoms. The Morgan fingerprint density at radius 3 is 2.37 bits per heavy atom. The summed E-state index contributed by atoms with van der Waals surface area (Å²) in [5.41, 5.74) is -1.14. The highest BCUT2D eigenvalue weighted by atomic mass is 16.3. The second-order valence-corrected chi connectivity index (χ2v) is 14.2. The van der Waals surface area contributed by atoms with Crippen molar-refractivity contribution in [2.45, 2.75) is 92.1 Å². The van der Waals surface area contributed by atoms with E-state index in [1.807, 2.05) is 13.0 Å². The van der Waals surface area contributed by atoms with E-state index in [2.05, 4.69) is 31.0 Å². The largest absolute Gasteiger partial charge is 0.508 e. The molecule has 3 aliphatic rings. The number of fused-ring (bicyclic) bond motifs is 3. The number of aryl methyl sites for hydroxylation is 2. The predicted octanol–water partition coefficient (Wildman–Crippen LogP) is 6.77. The lowest BCUT2D eigenvalue weighted by molar-refractivity contribution is -0.178. The number of benzene rings is 2. The van der Waals surface area contributed by atoms with Gasteiger partial charge >= 0.3 is 0 Å². The molecule has 3 aliphatic carbocycles. The first kappa shape index (κ1) is 33.2. The first-order valence-electron chi connectivity index (χ1n) is 16.2. The summed E-state index contributed by atoms with van der Waals surface area (Å²) in [6.07, 6.45) is 9.89. The highest BCUT2D eigenvalue weighted by molar-refractivity contribution is 6.24. The number of unbranched alkanes of at least 4 members (excludes halogenated alkanes) is 2. The Labute approximate surface area is 271 Å². The van der Waals surface area contributed by atoms with Gasteiger partial charge in [-0.3, -0.25) is 14.4 Å². The van der Waals surface area contributed by atoms with E-state index in [0.717, 1.165) is 61.3 Å². The molecule has 46 heavy (non-hydrogen) atoms. The molecular formula is C39H44O7. The summed E-state index contributed by atoms with van der Waals surface area (Å²) in [6.45, 7) is 10.2. The van der Waals surface area contributed by atoms with Gasteiger partial charge in [-0.15, -0.1) is 12.3 Å². The monoisotopic (exact) mass is 624 g/mol. The number of aromatic hydroxyl groups is 1. The van der Waals surface area contributed by atoms with Crippen LogP contribution in [0.1, 0.15) is 89.5 Å². The van der Waals surface area contributed by atoms with Crippen LogP contribution in [0.3, 0.4) is 0 Å². The lowest BCUT2D eigenvalue weighted by Crippen LogP contribution is -2.69. The predicted molar refractivity (Wildman–Crippen MR) is 177 cm³/mol. The SMILES string of the molecule is C#CCCCCc1ccc(CC)c(-c2ccc(O)c3c2C[C@]2(C)C[C@]4(C)C(C(C)C)C(=O)C(C(C)=O)=C(O)[C@]4(O)C(=O)C2=C3O)c1. The summed E-state index contributed by atoms with van der Waals surface area (Å²) >= 11 is 0. The van der Waals surface area contributed by atoms with Crippen molar-refractivity contribution in [2.24, 2.45) is 22.7 Å². The number of ketones is 3. The van der Waals surface area contributed by atoms with E-state index in [4.69, 9.17) is 6.42 Å². The quantitative estimate of drug-likeness (QED) is 0.145. The number of phenols is 1. The van der Waals surface area contributed by atoms with E-state index in [-0.39, 0.29) is 35.6 Å². The Kier molecular flexibility index (Phi) is 8.36. The molecule has 0 heterocycles. The molecule has 0 amide bonds. The van der Waals surface area contributed by atoms with Gasteiger partial charge in [-0.1, -0.05) is 58.9 Å². The molecule has 2 aromatic carbocycles. The number of Topliss-reactive ketones (excluding diaryl/α,β-unsaturated/α-hetero) is 3. The van der Waals surface area contributed by atoms with E-state index in [1.165, 1.54) is 6.07 Å². The van der Waals surface area contributed by atoms with Crippen LogP contribution in [0.25, 0.3) is 16.9 Å². The zero-order chi connectivity index (χ0) is 33.9. The third kappa shape index (κ3) is 4.64. The first-order valence-corrected chi connectivity index (χ1v) is 16.2. The van der Waals surface area contributed by atoms with Crippen LogP contribution >= 0.6 is 0 Å². The highest BCUT2D eigenvalue weighted by Gasteiger charge is 2.72. The van der Waals surface area contributed by atoms with Crippen molar-refractivity contribution in [1.82, 2.24) is 0 Å². The fraction of sp³-hybridized carbons (Fsp3) is 0.462. The summed E-state index contributed by atoms with van der Waals surface area (Å²) < 4.78 is 0. The van der Waals surface area contributed by atoms with Gasteiger partial charge in [0.2, 0.25) is 5.78 Å². The molecule has 0 aromatic heterocycles. The molecule has 1 fully saturated rings. The molecule has 0 radical (unpaired) electrons. The Bertz CT molecular complexity index is 1770. The van der Waals surface area contributed by atoms with Crippen LogP contribution in [-0.2, 0) is 33.6 Å². The Morgan fingerprint density at radius 2 is 1.76 bits per heavy atom. The molecular weight excluding hydrogens is 580 g/mol. The molecule has 7 heteroatoms. The fourth-order valence-electron chi connectivity index (χ4n) is 8.86. The number of carbonyl (C=O) groups excluding carboxylic acids is 3. The molecule has 0 saturated heterocycles. The standard InChI is InChI=1S/C39H44O7/c1-8-10-11-12-13-23-14-15-24(9-2)26(18-23)25-16-17-28(41)30-27(25)19-37(6)20-38(7)31(21(3)4)33(42)29(22(5)40)35(44)39(38,46)36(45)32(37)34(30)43/h1,14-18,21,31,41,43-44,46H,9-13,19-20H2,2-7H3/t31?,37-,38-,39+/m1/s1. The molecule has 4 N–H and O–H groups in total. The Morgan fingerprint density at radius 1 is 1.07 bits per heavy atom. The number of rotatable bonds is 8. The number of hydrogen-bond donors (Lipinski definition) is 4. The molecule has 4 atom stereocenters. The van der Waals surface area contributed by atoms with Crippen molar-refractivity contribution in [3.8, 4) is 29.2 Å². The summed E-state index contributed by atoms with van der Waals surface area (Å²) in [5.74, 6) is -2.61. The van der Waals surface area contributed by atoms with Gasteiger partial charge in [0.05, 0.1) is 5.56 Å². The summed E-state index contributed by atoms with van der Waals surface area (Å²) in [5, 5.41) is 46.7. The summed E-state index contributed by atoms with van der Waals surface area (Å²) in [4.78, 5) is 41.0. The maximum Gasteiger partial charge on any atom is 0.203 e. The second-order valence-electron chi connectivity index (χ2n) is 14.2. The van der Waals surface area contributed by atoms with Gasteiger partial charge in [0.15, 0.2) is 17.2 Å². The average molecular weight is 625 g/mol. The van der Waals surface area contributed by atoms with Crippen LogP contribution in [0, 0.1) is 35.0 Å². The van der Waals surface area contributed by atoms with Gasteiger partial charge in [-0.25, -0.2) is 0 Å². The van der Waals surface area contributed by atoms with Crippen molar-refractivity contribution in [3.05, 3.63) is 69.5 Å². The average Bonchev–Trinajstić information content (AvgIpc) is 2.97. The number of allylic oxidation sites excluding steroid dienone is 1. The lowest BCUT2D eigenvalue weighted by Gasteiger charge is -2.59. The molecule has 0 bridgehead atoms. The van der Waals surface area contributed by atoms with Crippen molar-refractivity contribution in [3.63, 3.8) is 0 Å². The lowest BCUT2D eigenvalue weighted by atomic mass is 9.43. The minimum absolute atomic E-state index is 0.0514. The molecule has 0 aliphatic heterocycles. The van der Waals surface area contributed by atoms with Crippen molar-refractivity contribution < 1.29 is 34.8 Å². The molecule has 7 nitrogen and oxygen atoms in total. The third-order valence-corrected chi connectivity index (χ3v) is 10.8. The fourth-order valence-corrected chi connectivity index (χ4v) is 8.86. The van der Waals surface area contributed by atoms with Crippen molar-refractivity contribution in [2.75, 3.05) is 0 Å². The highest BCUT2D eigenvalue weighted by Crippen LogP contribution is 2.65. The van der Waals surface area contributed by atoms with Crippen LogP contribution in [0.2, 0.25) is 0 Å². The van der Waals surface area contributed by atoms with Gasteiger partial charge in [0.1, 0.15) is 22.8 Å². The van der Waals surface area contributed by atoms with Crippen LogP contribution in [0.4, 0.5) is 0 Å². The van der Waals surface area contributed by atoms with E-state index in [9.17, 15) is 34.8 Å². The zero-order valence-corrected chi connectivity index (χ0v) is 27.6. The Balaban J connectivity index is 1.75. The van der Waals surface area contributed by atoms with Crippen molar-refractivity contribution in [1.29, 1.82) is 0 Å². The molecule has 1 unspecified atom stereocenters. The number of hydrogen-bond acceptors (Lipinski definition) is 7. The van der Waals surface area contributed by atoms with Gasteiger partial charge in [0.25, 0.3) is 0 Å². The molecule has 2 aromatic rings. The number of aliphatic hydroxyl groups excluding tert-OH is 2. The topological polar surface area (TPSA) is 132 Å². The normalized spacial score (nSPS) is 27.3. The molecule has 1 saturated carbocycles. The van der Waals surface area contributed by atoms with E-state index in [0.29, 0.717) is 5.56 Å². The summed E-state index contributed by atoms with van der Waals surface area (Å²) in [7, 11) is 0. The minimum atomic E-state index is -2.63. The Hall–Kier alpha value is -4.15. The van der Waals surface area contributed by atoms with E-state index in [1.54, 1.807) is 20.8 Å². The van der Waals surface area contributed by atoms with Crippen LogP contribution in [0.15, 0.2) is 47.2 Å². The van der Waals surface area contributed by atoms with Gasteiger partial charge in [-0.2, -0.15) is 0 Å². The zero-order valence-electron chi connectivity index (χ0n) is 27.6. The second kappa shape index (κ2) is 11.6. The number of carbonyl (C=O) groups is 3. The number of phenolic OH excluding ortho intramolecular Hbond substituents is 1. The van der Waals surface area contributed by atoms with Gasteiger partial charge in [0, 0.05) is 28.7 Å². The molecule has 242 valence electrons. The number of terminal acetylenes is 1. The smallest absolute Gasteiger partial charge is 0.203 e. The summed E-state index contributed by atoms with van der Waals surface area (Å²) in [6, 6.07) is 9.70. The van der Waals surface area contributed by atoms with Crippen molar-refractivity contribution >= 4 is 23.1 Å². The van der Waals surface area contributed by atoms with E-state index < -0.39 is 56.8 Å². The third-order valence-electron chi connectivity index (χ3n) is 10.8. The maximum absolute atomic E-state index is 14.6. The van der Waals surface area contributed by atoms with Gasteiger partial charge < -0.3 is 20.4 Å².